The Morgan fingerprint density at radius 2 is 1.95 bits per heavy atom. The number of benzene rings is 1. The van der Waals surface area contributed by atoms with E-state index >= 15 is 0 Å². The number of nitrogens with one attached hydrogen (secondary N) is 1. The third-order valence-corrected chi connectivity index (χ3v) is 4.53. The maximum Gasteiger partial charge on any atom is 0.327 e. The summed E-state index contributed by atoms with van der Waals surface area (Å²) in [7, 11) is 0. The van der Waals surface area contributed by atoms with Crippen molar-refractivity contribution < 1.29 is 9.59 Å². The standard InChI is InChI=1S/C15H17N3O2/c19-14-13-9-16-6-7-17(13)15(20)18(14)12-8-11(12)10-4-2-1-3-5-10/h1-5,11-13,16H,6-9H2. The normalized spacial score (nSPS) is 32.5. The zero-order chi connectivity index (χ0) is 13.7. The van der Waals surface area contributed by atoms with Gasteiger partial charge in [-0.25, -0.2) is 4.79 Å². The summed E-state index contributed by atoms with van der Waals surface area (Å²) in [5, 5.41) is 3.19. The quantitative estimate of drug-likeness (QED) is 0.809. The monoisotopic (exact) mass is 271 g/mol. The first-order chi connectivity index (χ1) is 9.77. The predicted molar refractivity (Wildman–Crippen MR) is 73.2 cm³/mol. The molecule has 2 aliphatic heterocycles. The van der Waals surface area contributed by atoms with Crippen molar-refractivity contribution >= 4 is 11.9 Å². The molecule has 5 heteroatoms. The van der Waals surface area contributed by atoms with Gasteiger partial charge in [0.15, 0.2) is 0 Å². The lowest BCUT2D eigenvalue weighted by Crippen LogP contribution is -2.51. The van der Waals surface area contributed by atoms with Crippen LogP contribution in [0.15, 0.2) is 30.3 Å². The molecule has 1 aliphatic carbocycles. The van der Waals surface area contributed by atoms with Gasteiger partial charge in [-0.3, -0.25) is 9.69 Å². The van der Waals surface area contributed by atoms with E-state index in [-0.39, 0.29) is 24.0 Å². The topological polar surface area (TPSA) is 52.7 Å². The lowest BCUT2D eigenvalue weighted by atomic mass is 10.1. The number of carbonyl (C=O) groups is 2. The van der Waals surface area contributed by atoms with Gasteiger partial charge >= 0.3 is 6.03 Å². The Kier molecular flexibility index (Phi) is 2.57. The molecule has 1 aromatic carbocycles. The molecule has 2 heterocycles. The van der Waals surface area contributed by atoms with E-state index in [9.17, 15) is 9.59 Å². The molecule has 104 valence electrons. The first-order valence-electron chi connectivity index (χ1n) is 7.16. The smallest absolute Gasteiger partial charge is 0.312 e. The van der Waals surface area contributed by atoms with Gasteiger partial charge in [-0.15, -0.1) is 0 Å². The van der Waals surface area contributed by atoms with Gasteiger partial charge in [-0.2, -0.15) is 0 Å². The molecule has 3 atom stereocenters. The highest BCUT2D eigenvalue weighted by Gasteiger charge is 2.55. The Bertz CT molecular complexity index is 535. The van der Waals surface area contributed by atoms with Crippen LogP contribution < -0.4 is 5.32 Å². The van der Waals surface area contributed by atoms with E-state index in [4.69, 9.17) is 0 Å². The van der Waals surface area contributed by atoms with Crippen molar-refractivity contribution in [3.8, 4) is 0 Å². The van der Waals surface area contributed by atoms with Crippen molar-refractivity contribution in [3.05, 3.63) is 35.9 Å². The second-order valence-corrected chi connectivity index (χ2v) is 5.72. The highest BCUT2D eigenvalue weighted by molar-refractivity contribution is 6.05. The Balaban J connectivity index is 1.55. The second-order valence-electron chi connectivity index (χ2n) is 5.72. The number of hydrogen-bond acceptors (Lipinski definition) is 3. The average Bonchev–Trinajstić information content (AvgIpc) is 3.24. The number of rotatable bonds is 2. The fourth-order valence-corrected chi connectivity index (χ4v) is 3.38. The first kappa shape index (κ1) is 11.9. The zero-order valence-electron chi connectivity index (χ0n) is 11.2. The van der Waals surface area contributed by atoms with Crippen LogP contribution in [0.25, 0.3) is 0 Å². The molecule has 0 spiro atoms. The number of nitrogens with zero attached hydrogens (tertiary/aromatic N) is 2. The highest BCUT2D eigenvalue weighted by atomic mass is 16.2. The highest BCUT2D eigenvalue weighted by Crippen LogP contribution is 2.46. The number of fused-ring (bicyclic) bond motifs is 1. The number of imide groups is 1. The van der Waals surface area contributed by atoms with Crippen molar-refractivity contribution in [1.29, 1.82) is 0 Å². The van der Waals surface area contributed by atoms with Crippen molar-refractivity contribution in [1.82, 2.24) is 15.1 Å². The van der Waals surface area contributed by atoms with E-state index in [1.165, 1.54) is 10.5 Å². The summed E-state index contributed by atoms with van der Waals surface area (Å²) in [5.74, 6) is 0.295. The number of piperazine rings is 1. The van der Waals surface area contributed by atoms with Gasteiger partial charge in [0.25, 0.3) is 5.91 Å². The summed E-state index contributed by atoms with van der Waals surface area (Å²) in [6.45, 7) is 1.99. The summed E-state index contributed by atoms with van der Waals surface area (Å²) in [4.78, 5) is 28.1. The minimum absolute atomic E-state index is 0.0226. The van der Waals surface area contributed by atoms with E-state index < -0.39 is 0 Å². The van der Waals surface area contributed by atoms with Gasteiger partial charge in [0.2, 0.25) is 0 Å². The van der Waals surface area contributed by atoms with Crippen molar-refractivity contribution in [3.63, 3.8) is 0 Å². The number of carbonyl (C=O) groups excluding carboxylic acids is 2. The Hall–Kier alpha value is -1.88. The van der Waals surface area contributed by atoms with Crippen LogP contribution in [0.2, 0.25) is 0 Å². The van der Waals surface area contributed by atoms with Crippen LogP contribution in [0.4, 0.5) is 4.79 Å². The summed E-state index contributed by atoms with van der Waals surface area (Å²) >= 11 is 0. The molecular weight excluding hydrogens is 254 g/mol. The molecule has 3 aliphatic rings. The molecule has 20 heavy (non-hydrogen) atoms. The molecule has 1 N–H and O–H groups in total. The van der Waals surface area contributed by atoms with Crippen LogP contribution in [0.1, 0.15) is 17.9 Å². The lowest BCUT2D eigenvalue weighted by molar-refractivity contribution is -0.128. The minimum Gasteiger partial charge on any atom is -0.312 e. The third-order valence-electron chi connectivity index (χ3n) is 4.53. The maximum atomic E-state index is 12.4. The van der Waals surface area contributed by atoms with Gasteiger partial charge in [0.05, 0.1) is 0 Å². The van der Waals surface area contributed by atoms with Crippen molar-refractivity contribution in [2.24, 2.45) is 0 Å². The fraction of sp³-hybridized carbons (Fsp3) is 0.467. The van der Waals surface area contributed by atoms with Crippen LogP contribution in [0.3, 0.4) is 0 Å². The molecular formula is C15H17N3O2. The number of urea groups is 1. The second kappa shape index (κ2) is 4.31. The molecule has 3 amide bonds. The van der Waals surface area contributed by atoms with E-state index in [1.807, 2.05) is 18.2 Å². The molecule has 4 rings (SSSR count). The Morgan fingerprint density at radius 1 is 1.15 bits per heavy atom. The number of hydrogen-bond donors (Lipinski definition) is 1. The van der Waals surface area contributed by atoms with Crippen molar-refractivity contribution in [2.45, 2.75) is 24.4 Å². The van der Waals surface area contributed by atoms with E-state index in [1.54, 1.807) is 4.90 Å². The SMILES string of the molecule is O=C1C2CNCCN2C(=O)N1C1CC1c1ccccc1. The summed E-state index contributed by atoms with van der Waals surface area (Å²) in [6.07, 6.45) is 0.898. The minimum atomic E-state index is -0.284. The summed E-state index contributed by atoms with van der Waals surface area (Å²) in [5.41, 5.74) is 1.22. The Labute approximate surface area is 117 Å². The van der Waals surface area contributed by atoms with Crippen LogP contribution in [-0.4, -0.2) is 53.5 Å². The third kappa shape index (κ3) is 1.66. The summed E-state index contributed by atoms with van der Waals surface area (Å²) < 4.78 is 0. The van der Waals surface area contributed by atoms with Gasteiger partial charge in [-0.1, -0.05) is 30.3 Å². The zero-order valence-corrected chi connectivity index (χ0v) is 11.2. The largest absolute Gasteiger partial charge is 0.327 e. The maximum absolute atomic E-state index is 12.4. The van der Waals surface area contributed by atoms with Crippen LogP contribution in [0.5, 0.6) is 0 Å². The first-order valence-corrected chi connectivity index (χ1v) is 7.16. The molecule has 0 radical (unpaired) electrons. The van der Waals surface area contributed by atoms with Crippen LogP contribution in [0, 0.1) is 0 Å². The molecule has 3 unspecified atom stereocenters. The van der Waals surface area contributed by atoms with E-state index in [0.29, 0.717) is 19.0 Å². The number of amides is 3. The average molecular weight is 271 g/mol. The van der Waals surface area contributed by atoms with Gasteiger partial charge in [0, 0.05) is 31.6 Å². The fourth-order valence-electron chi connectivity index (χ4n) is 3.38. The molecule has 0 bridgehead atoms. The van der Waals surface area contributed by atoms with Crippen LogP contribution in [-0.2, 0) is 4.79 Å². The Morgan fingerprint density at radius 3 is 2.70 bits per heavy atom. The van der Waals surface area contributed by atoms with Crippen molar-refractivity contribution in [2.75, 3.05) is 19.6 Å². The van der Waals surface area contributed by atoms with E-state index in [0.717, 1.165) is 13.0 Å². The molecule has 1 saturated carbocycles. The van der Waals surface area contributed by atoms with Gasteiger partial charge in [0.1, 0.15) is 6.04 Å². The van der Waals surface area contributed by atoms with Crippen LogP contribution >= 0.6 is 0 Å². The lowest BCUT2D eigenvalue weighted by Gasteiger charge is -2.26. The molecule has 2 saturated heterocycles. The molecule has 3 fully saturated rings. The summed E-state index contributed by atoms with van der Waals surface area (Å²) in [6, 6.07) is 9.83. The molecule has 0 aromatic heterocycles. The predicted octanol–water partition coefficient (Wildman–Crippen LogP) is 0.779. The van der Waals surface area contributed by atoms with Gasteiger partial charge < -0.3 is 10.2 Å². The molecule has 5 nitrogen and oxygen atoms in total. The van der Waals surface area contributed by atoms with E-state index in [2.05, 4.69) is 17.4 Å². The molecule has 1 aromatic rings. The van der Waals surface area contributed by atoms with Gasteiger partial charge in [-0.05, 0) is 12.0 Å².